The number of carbonyl (C=O) groups excluding carboxylic acids is 1. The molecule has 0 spiro atoms. The van der Waals surface area contributed by atoms with Crippen LogP contribution >= 0.6 is 11.3 Å². The number of hydrogen-bond acceptors (Lipinski definition) is 6. The molecule has 0 aliphatic rings. The molecular formula is C23H28FN3O3S. The van der Waals surface area contributed by atoms with Gasteiger partial charge in [0, 0.05) is 13.1 Å². The molecule has 0 atom stereocenters. The number of ether oxygens (including phenoxy) is 2. The summed E-state index contributed by atoms with van der Waals surface area (Å²) >= 11 is 1.45. The van der Waals surface area contributed by atoms with Gasteiger partial charge in [-0.2, -0.15) is 0 Å². The van der Waals surface area contributed by atoms with E-state index in [-0.39, 0.29) is 18.3 Å². The average molecular weight is 446 g/mol. The van der Waals surface area contributed by atoms with Crippen LogP contribution in [0.2, 0.25) is 0 Å². The number of rotatable bonds is 11. The molecular weight excluding hydrogens is 417 g/mol. The summed E-state index contributed by atoms with van der Waals surface area (Å²) in [5.41, 5.74) is 0.754. The highest BCUT2D eigenvalue weighted by molar-refractivity contribution is 7.22. The predicted molar refractivity (Wildman–Crippen MR) is 123 cm³/mol. The number of hydrogen-bond donors (Lipinski definition) is 0. The van der Waals surface area contributed by atoms with E-state index in [4.69, 9.17) is 14.5 Å². The summed E-state index contributed by atoms with van der Waals surface area (Å²) < 4.78 is 25.4. The van der Waals surface area contributed by atoms with E-state index >= 15 is 0 Å². The number of aromatic nitrogens is 1. The number of anilines is 1. The van der Waals surface area contributed by atoms with Gasteiger partial charge in [0.05, 0.1) is 11.3 Å². The summed E-state index contributed by atoms with van der Waals surface area (Å²) in [6, 6.07) is 11.4. The predicted octanol–water partition coefficient (Wildman–Crippen LogP) is 4.59. The highest BCUT2D eigenvalue weighted by atomic mass is 32.1. The molecule has 0 aliphatic heterocycles. The fourth-order valence-electron chi connectivity index (χ4n) is 3.16. The third kappa shape index (κ3) is 5.92. The van der Waals surface area contributed by atoms with Crippen molar-refractivity contribution in [2.24, 2.45) is 0 Å². The minimum atomic E-state index is -0.348. The molecule has 2 aromatic carbocycles. The van der Waals surface area contributed by atoms with Crippen LogP contribution in [-0.2, 0) is 4.79 Å². The maximum Gasteiger partial charge on any atom is 0.266 e. The number of halogens is 1. The van der Waals surface area contributed by atoms with Crippen LogP contribution in [-0.4, -0.2) is 55.2 Å². The topological polar surface area (TPSA) is 54.9 Å². The van der Waals surface area contributed by atoms with E-state index in [9.17, 15) is 9.18 Å². The molecule has 1 heterocycles. The van der Waals surface area contributed by atoms with E-state index in [1.807, 2.05) is 25.1 Å². The van der Waals surface area contributed by atoms with Gasteiger partial charge in [-0.3, -0.25) is 9.69 Å². The van der Waals surface area contributed by atoms with E-state index in [1.54, 1.807) is 4.90 Å². The van der Waals surface area contributed by atoms with Crippen molar-refractivity contribution in [2.45, 2.75) is 20.8 Å². The molecule has 1 amide bonds. The van der Waals surface area contributed by atoms with Gasteiger partial charge in [-0.15, -0.1) is 0 Å². The molecule has 0 radical (unpaired) electrons. The van der Waals surface area contributed by atoms with Crippen molar-refractivity contribution in [2.75, 3.05) is 44.3 Å². The first-order valence-electron chi connectivity index (χ1n) is 10.5. The molecule has 0 fully saturated rings. The van der Waals surface area contributed by atoms with Crippen LogP contribution in [0.3, 0.4) is 0 Å². The molecule has 1 aromatic heterocycles. The maximum absolute atomic E-state index is 13.1. The summed E-state index contributed by atoms with van der Waals surface area (Å²) in [6.45, 7) is 9.54. The summed E-state index contributed by atoms with van der Waals surface area (Å²) in [7, 11) is 0. The Labute approximate surface area is 186 Å². The molecule has 166 valence electrons. The molecule has 0 saturated carbocycles. The van der Waals surface area contributed by atoms with Gasteiger partial charge in [0.15, 0.2) is 11.7 Å². The number of para-hydroxylation sites is 1. The van der Waals surface area contributed by atoms with Gasteiger partial charge in [-0.1, -0.05) is 31.3 Å². The third-order valence-corrected chi connectivity index (χ3v) is 5.96. The maximum atomic E-state index is 13.1. The van der Waals surface area contributed by atoms with Crippen LogP contribution in [0.4, 0.5) is 9.52 Å². The molecule has 0 N–H and O–H groups in total. The Balaban J connectivity index is 1.83. The Morgan fingerprint density at radius 3 is 2.45 bits per heavy atom. The highest BCUT2D eigenvalue weighted by Gasteiger charge is 2.22. The Morgan fingerprint density at radius 1 is 1.03 bits per heavy atom. The number of benzene rings is 2. The molecule has 6 nitrogen and oxygen atoms in total. The standard InChI is InChI=1S/C23H28FN3O3S/c1-4-26(5-2)14-15-27(21(28)16-30-18-12-10-17(24)11-13-18)23-25-22-19(29-6-3)8-7-9-20(22)31-23/h7-13H,4-6,14-16H2,1-3H3. The van der Waals surface area contributed by atoms with Crippen molar-refractivity contribution in [1.82, 2.24) is 9.88 Å². The summed E-state index contributed by atoms with van der Waals surface area (Å²) in [4.78, 5) is 21.7. The fourth-order valence-corrected chi connectivity index (χ4v) is 4.19. The Bertz CT molecular complexity index is 989. The molecule has 0 saturated heterocycles. The molecule has 8 heteroatoms. The van der Waals surface area contributed by atoms with Crippen molar-refractivity contribution in [3.05, 3.63) is 48.3 Å². The first-order valence-corrected chi connectivity index (χ1v) is 11.3. The van der Waals surface area contributed by atoms with Gasteiger partial charge in [0.25, 0.3) is 5.91 Å². The van der Waals surface area contributed by atoms with Crippen molar-refractivity contribution in [3.63, 3.8) is 0 Å². The number of likely N-dealkylation sites (N-methyl/N-ethyl adjacent to an activating group) is 1. The number of nitrogens with zero attached hydrogens (tertiary/aromatic N) is 3. The van der Waals surface area contributed by atoms with E-state index in [0.717, 1.165) is 29.9 Å². The van der Waals surface area contributed by atoms with Crippen LogP contribution in [0.1, 0.15) is 20.8 Å². The normalized spacial score (nSPS) is 11.1. The van der Waals surface area contributed by atoms with Crippen molar-refractivity contribution < 1.29 is 18.7 Å². The van der Waals surface area contributed by atoms with Crippen molar-refractivity contribution in [3.8, 4) is 11.5 Å². The van der Waals surface area contributed by atoms with Crippen molar-refractivity contribution in [1.29, 1.82) is 0 Å². The molecule has 3 rings (SSSR count). The lowest BCUT2D eigenvalue weighted by Crippen LogP contribution is -2.41. The zero-order valence-electron chi connectivity index (χ0n) is 18.1. The molecule has 3 aromatic rings. The largest absolute Gasteiger partial charge is 0.492 e. The zero-order chi connectivity index (χ0) is 22.2. The molecule has 0 aliphatic carbocycles. The second-order valence-corrected chi connectivity index (χ2v) is 7.86. The quantitative estimate of drug-likeness (QED) is 0.432. The van der Waals surface area contributed by atoms with E-state index < -0.39 is 0 Å². The second-order valence-electron chi connectivity index (χ2n) is 6.85. The smallest absolute Gasteiger partial charge is 0.266 e. The highest BCUT2D eigenvalue weighted by Crippen LogP contribution is 2.34. The monoisotopic (exact) mass is 445 g/mol. The van der Waals surface area contributed by atoms with E-state index in [1.165, 1.54) is 35.6 Å². The first-order chi connectivity index (χ1) is 15.0. The third-order valence-electron chi connectivity index (χ3n) is 4.91. The van der Waals surface area contributed by atoms with Crippen LogP contribution in [0.15, 0.2) is 42.5 Å². The van der Waals surface area contributed by atoms with Gasteiger partial charge in [0.1, 0.15) is 22.8 Å². The average Bonchev–Trinajstić information content (AvgIpc) is 3.21. The van der Waals surface area contributed by atoms with Gasteiger partial charge in [0.2, 0.25) is 0 Å². The van der Waals surface area contributed by atoms with Gasteiger partial charge >= 0.3 is 0 Å². The first kappa shape index (κ1) is 23.0. The minimum absolute atomic E-state index is 0.155. The van der Waals surface area contributed by atoms with Crippen LogP contribution in [0, 0.1) is 5.82 Å². The van der Waals surface area contributed by atoms with E-state index in [2.05, 4.69) is 18.7 Å². The summed E-state index contributed by atoms with van der Waals surface area (Å²) in [6.07, 6.45) is 0. The van der Waals surface area contributed by atoms with Gasteiger partial charge < -0.3 is 14.4 Å². The molecule has 31 heavy (non-hydrogen) atoms. The summed E-state index contributed by atoms with van der Waals surface area (Å²) in [5, 5.41) is 0.613. The van der Waals surface area contributed by atoms with Crippen LogP contribution < -0.4 is 14.4 Å². The Hall–Kier alpha value is -2.71. The second kappa shape index (κ2) is 11.1. The number of fused-ring (bicyclic) bond motifs is 1. The zero-order valence-corrected chi connectivity index (χ0v) is 19.0. The number of thiazole rings is 1. The Kier molecular flexibility index (Phi) is 8.20. The fraction of sp³-hybridized carbons (Fsp3) is 0.391. The van der Waals surface area contributed by atoms with Crippen LogP contribution in [0.25, 0.3) is 10.2 Å². The van der Waals surface area contributed by atoms with E-state index in [0.29, 0.717) is 29.8 Å². The van der Waals surface area contributed by atoms with Crippen molar-refractivity contribution >= 4 is 32.6 Å². The Morgan fingerprint density at radius 2 is 1.77 bits per heavy atom. The summed E-state index contributed by atoms with van der Waals surface area (Å²) in [5.74, 6) is 0.607. The van der Waals surface area contributed by atoms with Gasteiger partial charge in [-0.25, -0.2) is 9.37 Å². The number of amides is 1. The minimum Gasteiger partial charge on any atom is -0.492 e. The lowest BCUT2D eigenvalue weighted by atomic mass is 10.3. The van der Waals surface area contributed by atoms with Gasteiger partial charge in [-0.05, 0) is 56.4 Å². The lowest BCUT2D eigenvalue weighted by molar-refractivity contribution is -0.120. The SMILES string of the molecule is CCOc1cccc2sc(N(CCN(CC)CC)C(=O)COc3ccc(F)cc3)nc12. The van der Waals surface area contributed by atoms with Crippen LogP contribution in [0.5, 0.6) is 11.5 Å². The molecule has 0 bridgehead atoms. The molecule has 0 unspecified atom stereocenters. The number of carbonyl (C=O) groups is 1. The lowest BCUT2D eigenvalue weighted by Gasteiger charge is -2.24.